The summed E-state index contributed by atoms with van der Waals surface area (Å²) in [7, 11) is 1.53. The van der Waals surface area contributed by atoms with Gasteiger partial charge in [-0.05, 0) is 48.7 Å². The van der Waals surface area contributed by atoms with Gasteiger partial charge in [-0.25, -0.2) is 4.68 Å². The van der Waals surface area contributed by atoms with Crippen LogP contribution < -0.4 is 14.8 Å². The number of nitriles is 1. The molecule has 1 amide bonds. The largest absolute Gasteiger partial charge is 0.493 e. The van der Waals surface area contributed by atoms with E-state index in [4.69, 9.17) is 14.7 Å². The zero-order valence-corrected chi connectivity index (χ0v) is 16.9. The molecule has 30 heavy (non-hydrogen) atoms. The van der Waals surface area contributed by atoms with Crippen LogP contribution in [0.5, 0.6) is 11.5 Å². The third-order valence-corrected chi connectivity index (χ3v) is 4.54. The quantitative estimate of drug-likeness (QED) is 0.524. The van der Waals surface area contributed by atoms with Gasteiger partial charge >= 0.3 is 0 Å². The van der Waals surface area contributed by atoms with Crippen molar-refractivity contribution in [1.29, 1.82) is 5.26 Å². The standard InChI is InChI=1S/C23H24N4O3/c1-29-22-16-19(17-24)7-10-21(22)30-15-2-4-23(28)25-13-11-18-5-8-20(9-6-18)27-14-3-12-26-27/h3,5-10,12,14,16H,2,4,11,13,15H2,1H3,(H,25,28). The van der Waals surface area contributed by atoms with Crippen LogP contribution in [-0.2, 0) is 11.2 Å². The lowest BCUT2D eigenvalue weighted by atomic mass is 10.1. The molecule has 0 fully saturated rings. The van der Waals surface area contributed by atoms with Crippen LogP contribution in [0.1, 0.15) is 24.0 Å². The predicted octanol–water partition coefficient (Wildman–Crippen LogP) is 3.27. The van der Waals surface area contributed by atoms with Gasteiger partial charge in [0.2, 0.25) is 5.91 Å². The number of carbonyl (C=O) groups is 1. The number of benzene rings is 2. The van der Waals surface area contributed by atoms with Crippen molar-refractivity contribution in [2.75, 3.05) is 20.3 Å². The maximum absolute atomic E-state index is 12.0. The van der Waals surface area contributed by atoms with Crippen LogP contribution in [0.25, 0.3) is 5.69 Å². The van der Waals surface area contributed by atoms with Gasteiger partial charge in [0.05, 0.1) is 31.0 Å². The van der Waals surface area contributed by atoms with E-state index in [2.05, 4.69) is 16.5 Å². The van der Waals surface area contributed by atoms with Crippen molar-refractivity contribution in [2.45, 2.75) is 19.3 Å². The van der Waals surface area contributed by atoms with Crippen LogP contribution in [0.15, 0.2) is 60.9 Å². The number of amides is 1. The number of carbonyl (C=O) groups excluding carboxylic acids is 1. The molecule has 0 aliphatic carbocycles. The predicted molar refractivity (Wildman–Crippen MR) is 113 cm³/mol. The van der Waals surface area contributed by atoms with Crippen LogP contribution in [0, 0.1) is 11.3 Å². The lowest BCUT2D eigenvalue weighted by Gasteiger charge is -2.11. The van der Waals surface area contributed by atoms with E-state index in [9.17, 15) is 4.79 Å². The minimum atomic E-state index is -0.00134. The molecule has 3 aromatic rings. The maximum Gasteiger partial charge on any atom is 0.220 e. The Hall–Kier alpha value is -3.79. The Balaban J connectivity index is 1.34. The number of rotatable bonds is 10. The minimum absolute atomic E-state index is 0.00134. The molecule has 1 N–H and O–H groups in total. The highest BCUT2D eigenvalue weighted by molar-refractivity contribution is 5.75. The van der Waals surface area contributed by atoms with E-state index in [0.717, 1.165) is 17.7 Å². The molecule has 0 aliphatic rings. The second-order valence-corrected chi connectivity index (χ2v) is 6.65. The molecular formula is C23H24N4O3. The minimum Gasteiger partial charge on any atom is -0.493 e. The van der Waals surface area contributed by atoms with Crippen molar-refractivity contribution < 1.29 is 14.3 Å². The van der Waals surface area contributed by atoms with Gasteiger partial charge in [-0.2, -0.15) is 10.4 Å². The van der Waals surface area contributed by atoms with Crippen molar-refractivity contribution >= 4 is 5.91 Å². The second kappa shape index (κ2) is 10.7. The first-order valence-corrected chi connectivity index (χ1v) is 9.76. The molecule has 0 bridgehead atoms. The van der Waals surface area contributed by atoms with Gasteiger partial charge in [0.1, 0.15) is 0 Å². The summed E-state index contributed by atoms with van der Waals surface area (Å²) >= 11 is 0. The van der Waals surface area contributed by atoms with E-state index >= 15 is 0 Å². The Labute approximate surface area is 175 Å². The molecule has 0 atom stereocenters. The van der Waals surface area contributed by atoms with Gasteiger partial charge in [-0.3, -0.25) is 4.79 Å². The fourth-order valence-corrected chi connectivity index (χ4v) is 2.94. The molecule has 3 rings (SSSR count). The Kier molecular flexibility index (Phi) is 7.45. The average Bonchev–Trinajstić information content (AvgIpc) is 3.32. The number of aromatic nitrogens is 2. The molecule has 0 radical (unpaired) electrons. The molecule has 1 heterocycles. The van der Waals surface area contributed by atoms with Gasteiger partial charge in [-0.15, -0.1) is 0 Å². The zero-order valence-electron chi connectivity index (χ0n) is 16.9. The van der Waals surface area contributed by atoms with Gasteiger partial charge in [0.25, 0.3) is 0 Å². The highest BCUT2D eigenvalue weighted by Gasteiger charge is 2.07. The molecule has 154 valence electrons. The normalized spacial score (nSPS) is 10.3. The number of nitrogens with one attached hydrogen (secondary N) is 1. The summed E-state index contributed by atoms with van der Waals surface area (Å²) in [6.45, 7) is 0.981. The van der Waals surface area contributed by atoms with Gasteiger partial charge in [0.15, 0.2) is 11.5 Å². The molecule has 0 aliphatic heterocycles. The van der Waals surface area contributed by atoms with Gasteiger partial charge in [-0.1, -0.05) is 12.1 Å². The number of ether oxygens (including phenoxy) is 2. The van der Waals surface area contributed by atoms with E-state index < -0.39 is 0 Å². The number of hydrogen-bond acceptors (Lipinski definition) is 5. The van der Waals surface area contributed by atoms with Crippen molar-refractivity contribution in [3.05, 3.63) is 72.1 Å². The van der Waals surface area contributed by atoms with Crippen molar-refractivity contribution in [2.24, 2.45) is 0 Å². The Morgan fingerprint density at radius 2 is 2.03 bits per heavy atom. The topological polar surface area (TPSA) is 89.2 Å². The first kappa shape index (κ1) is 20.9. The SMILES string of the molecule is COc1cc(C#N)ccc1OCCCC(=O)NCCc1ccc(-n2cccn2)cc1. The maximum atomic E-state index is 12.0. The van der Waals surface area contributed by atoms with Crippen molar-refractivity contribution in [3.63, 3.8) is 0 Å². The third-order valence-electron chi connectivity index (χ3n) is 4.54. The Morgan fingerprint density at radius 1 is 1.20 bits per heavy atom. The fraction of sp³-hybridized carbons (Fsp3) is 0.261. The summed E-state index contributed by atoms with van der Waals surface area (Å²) in [5.41, 5.74) is 2.67. The molecule has 7 nitrogen and oxygen atoms in total. The average molecular weight is 404 g/mol. The van der Waals surface area contributed by atoms with E-state index in [-0.39, 0.29) is 5.91 Å². The van der Waals surface area contributed by atoms with E-state index in [0.29, 0.717) is 43.1 Å². The molecule has 2 aromatic carbocycles. The summed E-state index contributed by atoms with van der Waals surface area (Å²) in [5.74, 6) is 1.08. The fourth-order valence-electron chi connectivity index (χ4n) is 2.94. The molecule has 0 unspecified atom stereocenters. The lowest BCUT2D eigenvalue weighted by Crippen LogP contribution is -2.25. The lowest BCUT2D eigenvalue weighted by molar-refractivity contribution is -0.121. The molecular weight excluding hydrogens is 380 g/mol. The molecule has 0 saturated heterocycles. The number of hydrogen-bond donors (Lipinski definition) is 1. The number of methoxy groups -OCH3 is 1. The van der Waals surface area contributed by atoms with E-state index in [1.54, 1.807) is 29.1 Å². The van der Waals surface area contributed by atoms with Gasteiger partial charge in [0, 0.05) is 31.4 Å². The Morgan fingerprint density at radius 3 is 2.73 bits per heavy atom. The highest BCUT2D eigenvalue weighted by atomic mass is 16.5. The van der Waals surface area contributed by atoms with Crippen molar-refractivity contribution in [1.82, 2.24) is 15.1 Å². The van der Waals surface area contributed by atoms with E-state index in [1.807, 2.05) is 36.5 Å². The second-order valence-electron chi connectivity index (χ2n) is 6.65. The molecule has 7 heteroatoms. The third kappa shape index (κ3) is 5.85. The smallest absolute Gasteiger partial charge is 0.220 e. The molecule has 1 aromatic heterocycles. The highest BCUT2D eigenvalue weighted by Crippen LogP contribution is 2.27. The zero-order chi connectivity index (χ0) is 21.2. The van der Waals surface area contributed by atoms with Crippen LogP contribution in [0.3, 0.4) is 0 Å². The van der Waals surface area contributed by atoms with Gasteiger partial charge < -0.3 is 14.8 Å². The molecule has 0 saturated carbocycles. The van der Waals surface area contributed by atoms with Crippen molar-refractivity contribution in [3.8, 4) is 23.3 Å². The number of nitrogens with zero attached hydrogens (tertiary/aromatic N) is 3. The molecule has 0 spiro atoms. The summed E-state index contributed by atoms with van der Waals surface area (Å²) in [6, 6.07) is 17.1. The summed E-state index contributed by atoms with van der Waals surface area (Å²) in [4.78, 5) is 12.0. The van der Waals surface area contributed by atoms with Crippen LogP contribution >= 0.6 is 0 Å². The van der Waals surface area contributed by atoms with Crippen LogP contribution in [0.2, 0.25) is 0 Å². The summed E-state index contributed by atoms with van der Waals surface area (Å²) in [5, 5.41) is 16.1. The first-order valence-electron chi connectivity index (χ1n) is 9.76. The Bertz CT molecular complexity index is 992. The van der Waals surface area contributed by atoms with E-state index in [1.165, 1.54) is 7.11 Å². The summed E-state index contributed by atoms with van der Waals surface area (Å²) < 4.78 is 12.7. The first-order chi connectivity index (χ1) is 14.7. The summed E-state index contributed by atoms with van der Waals surface area (Å²) in [6.07, 6.45) is 5.39. The van der Waals surface area contributed by atoms with Crippen LogP contribution in [0.4, 0.5) is 0 Å². The monoisotopic (exact) mass is 404 g/mol. The van der Waals surface area contributed by atoms with Crippen LogP contribution in [-0.4, -0.2) is 35.9 Å².